The van der Waals surface area contributed by atoms with E-state index in [9.17, 15) is 19.8 Å². The number of aromatic hydroxyl groups is 2. The normalized spacial score (nSPS) is 10.8. The van der Waals surface area contributed by atoms with Gasteiger partial charge >= 0.3 is 0 Å². The summed E-state index contributed by atoms with van der Waals surface area (Å²) >= 11 is 1.09. The van der Waals surface area contributed by atoms with Gasteiger partial charge in [0.25, 0.3) is 11.8 Å². The number of ether oxygens (including phenoxy) is 1. The van der Waals surface area contributed by atoms with Gasteiger partial charge in [-0.05, 0) is 27.7 Å². The molecule has 1 aromatic heterocycles. The number of methoxy groups -OCH3 is 1. The SMILES string of the molecule is COc1cc(O)c(C(=O)Nc2nc(C(=O)NCCN(C(C)C)C(C)C)cs2)cc1O.Cl. The van der Waals surface area contributed by atoms with Crippen molar-refractivity contribution in [2.24, 2.45) is 0 Å². The first-order valence-corrected chi connectivity index (χ1v) is 10.4. The fraction of sp³-hybridized carbons (Fsp3) is 0.450. The van der Waals surface area contributed by atoms with Crippen LogP contribution >= 0.6 is 23.7 Å². The van der Waals surface area contributed by atoms with Crippen LogP contribution in [0, 0.1) is 0 Å². The number of hydrogen-bond donors (Lipinski definition) is 4. The number of halogens is 1. The van der Waals surface area contributed by atoms with E-state index in [1.54, 1.807) is 5.38 Å². The number of rotatable bonds is 9. The van der Waals surface area contributed by atoms with Crippen molar-refractivity contribution in [3.05, 3.63) is 28.8 Å². The monoisotopic (exact) mass is 472 g/mol. The topological polar surface area (TPSA) is 124 Å². The van der Waals surface area contributed by atoms with Gasteiger partial charge in [-0.25, -0.2) is 4.98 Å². The Kier molecular flexibility index (Phi) is 10.0. The van der Waals surface area contributed by atoms with E-state index in [-0.39, 0.29) is 52.0 Å². The number of amides is 2. The molecule has 11 heteroatoms. The smallest absolute Gasteiger partial charge is 0.270 e. The summed E-state index contributed by atoms with van der Waals surface area (Å²) in [6.07, 6.45) is 0. The number of carbonyl (C=O) groups excluding carboxylic acids is 2. The van der Waals surface area contributed by atoms with Crippen LogP contribution in [0.25, 0.3) is 0 Å². The molecular weight excluding hydrogens is 444 g/mol. The van der Waals surface area contributed by atoms with Gasteiger partial charge in [-0.1, -0.05) is 0 Å². The van der Waals surface area contributed by atoms with Gasteiger partial charge in [0.05, 0.1) is 12.7 Å². The molecule has 1 aromatic carbocycles. The van der Waals surface area contributed by atoms with Gasteiger partial charge < -0.3 is 20.3 Å². The highest BCUT2D eigenvalue weighted by atomic mass is 35.5. The number of aromatic nitrogens is 1. The first kappa shape index (κ1) is 26.5. The summed E-state index contributed by atoms with van der Waals surface area (Å²) in [6.45, 7) is 9.63. The second-order valence-corrected chi connectivity index (χ2v) is 8.07. The number of hydrogen-bond acceptors (Lipinski definition) is 8. The van der Waals surface area contributed by atoms with E-state index in [4.69, 9.17) is 4.74 Å². The third-order valence-corrected chi connectivity index (χ3v) is 5.24. The summed E-state index contributed by atoms with van der Waals surface area (Å²) in [5, 5.41) is 26.9. The molecule has 0 saturated heterocycles. The third-order valence-electron chi connectivity index (χ3n) is 4.48. The first-order chi connectivity index (χ1) is 14.1. The average Bonchev–Trinajstić information content (AvgIpc) is 3.14. The van der Waals surface area contributed by atoms with Crippen molar-refractivity contribution in [1.29, 1.82) is 0 Å². The fourth-order valence-electron chi connectivity index (χ4n) is 3.00. The Labute approximate surface area is 191 Å². The van der Waals surface area contributed by atoms with Gasteiger partial charge in [0, 0.05) is 42.7 Å². The maximum absolute atomic E-state index is 12.4. The molecule has 0 unspecified atom stereocenters. The largest absolute Gasteiger partial charge is 0.507 e. The maximum atomic E-state index is 12.4. The molecule has 31 heavy (non-hydrogen) atoms. The second-order valence-electron chi connectivity index (χ2n) is 7.21. The highest BCUT2D eigenvalue weighted by Crippen LogP contribution is 2.33. The molecule has 0 fully saturated rings. The zero-order valence-electron chi connectivity index (χ0n) is 18.1. The van der Waals surface area contributed by atoms with Crippen molar-refractivity contribution >= 4 is 40.7 Å². The summed E-state index contributed by atoms with van der Waals surface area (Å²) in [7, 11) is 1.33. The molecule has 0 spiro atoms. The number of carbonyl (C=O) groups is 2. The lowest BCUT2D eigenvalue weighted by Crippen LogP contribution is -2.42. The van der Waals surface area contributed by atoms with E-state index in [1.807, 2.05) is 0 Å². The molecule has 0 aliphatic rings. The Morgan fingerprint density at radius 1 is 1.13 bits per heavy atom. The van der Waals surface area contributed by atoms with E-state index in [1.165, 1.54) is 7.11 Å². The van der Waals surface area contributed by atoms with Gasteiger partial charge in [0.1, 0.15) is 11.4 Å². The van der Waals surface area contributed by atoms with Crippen LogP contribution in [0.15, 0.2) is 17.5 Å². The van der Waals surface area contributed by atoms with E-state index >= 15 is 0 Å². The number of phenols is 2. The van der Waals surface area contributed by atoms with Gasteiger partial charge in [0.2, 0.25) is 0 Å². The lowest BCUT2D eigenvalue weighted by molar-refractivity contribution is 0.0934. The minimum absolute atomic E-state index is 0. The molecule has 0 aliphatic carbocycles. The summed E-state index contributed by atoms with van der Waals surface area (Å²) in [4.78, 5) is 31.1. The molecule has 4 N–H and O–H groups in total. The van der Waals surface area contributed by atoms with Crippen molar-refractivity contribution in [2.45, 2.75) is 39.8 Å². The van der Waals surface area contributed by atoms with E-state index in [2.05, 4.69) is 48.2 Å². The highest BCUT2D eigenvalue weighted by molar-refractivity contribution is 7.14. The quantitative estimate of drug-likeness (QED) is 0.413. The molecule has 2 rings (SSSR count). The van der Waals surface area contributed by atoms with Crippen LogP contribution in [-0.2, 0) is 0 Å². The predicted molar refractivity (Wildman–Crippen MR) is 123 cm³/mol. The van der Waals surface area contributed by atoms with Crippen molar-refractivity contribution in [3.63, 3.8) is 0 Å². The molecular formula is C20H29ClN4O5S. The molecule has 0 bridgehead atoms. The molecule has 0 atom stereocenters. The summed E-state index contributed by atoms with van der Waals surface area (Å²) in [5.41, 5.74) is 0.0507. The number of thiazole rings is 1. The Morgan fingerprint density at radius 3 is 2.35 bits per heavy atom. The minimum atomic E-state index is -0.670. The van der Waals surface area contributed by atoms with Gasteiger partial charge in [-0.3, -0.25) is 19.8 Å². The predicted octanol–water partition coefficient (Wildman–Crippen LogP) is 3.09. The maximum Gasteiger partial charge on any atom is 0.270 e. The molecule has 2 aromatic rings. The van der Waals surface area contributed by atoms with Crippen molar-refractivity contribution in [1.82, 2.24) is 15.2 Å². The van der Waals surface area contributed by atoms with Gasteiger partial charge in [-0.15, -0.1) is 23.7 Å². The zero-order chi connectivity index (χ0) is 22.4. The zero-order valence-corrected chi connectivity index (χ0v) is 19.8. The molecule has 0 aliphatic heterocycles. The van der Waals surface area contributed by atoms with Crippen LogP contribution in [-0.4, -0.2) is 64.2 Å². The summed E-state index contributed by atoms with van der Waals surface area (Å²) < 4.78 is 4.88. The standard InChI is InChI=1S/C20H28N4O5S.ClH/c1-11(2)24(12(3)4)7-6-21-19(28)14-10-30-20(22-14)23-18(27)13-8-16(26)17(29-5)9-15(13)25;/h8-12,25-26H,6-7H2,1-5H3,(H,21,28)(H,22,23,27);1H. The number of phenolic OH excluding ortho intramolecular Hbond substituents is 2. The molecule has 0 saturated carbocycles. The number of benzene rings is 1. The molecule has 1 heterocycles. The molecule has 2 amide bonds. The van der Waals surface area contributed by atoms with Crippen molar-refractivity contribution in [3.8, 4) is 17.2 Å². The van der Waals surface area contributed by atoms with Crippen LogP contribution in [0.2, 0.25) is 0 Å². The fourth-order valence-corrected chi connectivity index (χ4v) is 3.69. The van der Waals surface area contributed by atoms with E-state index < -0.39 is 5.91 Å². The van der Waals surface area contributed by atoms with Crippen molar-refractivity contribution in [2.75, 3.05) is 25.5 Å². The van der Waals surface area contributed by atoms with Gasteiger partial charge in [-0.2, -0.15) is 0 Å². The van der Waals surface area contributed by atoms with Crippen LogP contribution in [0.5, 0.6) is 17.2 Å². The van der Waals surface area contributed by atoms with E-state index in [0.717, 1.165) is 30.0 Å². The summed E-state index contributed by atoms with van der Waals surface area (Å²) in [5.74, 6) is -1.58. The molecule has 172 valence electrons. The third kappa shape index (κ3) is 6.98. The Morgan fingerprint density at radius 2 is 1.77 bits per heavy atom. The second kappa shape index (κ2) is 11.7. The molecule has 9 nitrogen and oxygen atoms in total. The van der Waals surface area contributed by atoms with Crippen LogP contribution in [0.1, 0.15) is 48.5 Å². The van der Waals surface area contributed by atoms with E-state index in [0.29, 0.717) is 18.6 Å². The van der Waals surface area contributed by atoms with Crippen LogP contribution in [0.4, 0.5) is 5.13 Å². The van der Waals surface area contributed by atoms with Crippen molar-refractivity contribution < 1.29 is 24.5 Å². The average molecular weight is 473 g/mol. The van der Waals surface area contributed by atoms with Gasteiger partial charge in [0.15, 0.2) is 16.6 Å². The lowest BCUT2D eigenvalue weighted by Gasteiger charge is -2.30. The number of nitrogens with one attached hydrogen (secondary N) is 2. The Bertz CT molecular complexity index is 896. The number of nitrogens with zero attached hydrogens (tertiary/aromatic N) is 2. The van der Waals surface area contributed by atoms with Crippen LogP contribution < -0.4 is 15.4 Å². The summed E-state index contributed by atoms with van der Waals surface area (Å²) in [6, 6.07) is 2.98. The minimum Gasteiger partial charge on any atom is -0.507 e. The molecule has 0 radical (unpaired) electrons. The Hall–Kier alpha value is -2.56. The Balaban J connectivity index is 0.00000480. The number of anilines is 1. The first-order valence-electron chi connectivity index (χ1n) is 9.54. The van der Waals surface area contributed by atoms with Crippen LogP contribution in [0.3, 0.4) is 0 Å². The highest BCUT2D eigenvalue weighted by Gasteiger charge is 2.19. The lowest BCUT2D eigenvalue weighted by atomic mass is 10.1.